The van der Waals surface area contributed by atoms with E-state index in [1.54, 1.807) is 6.07 Å². The molecule has 0 atom stereocenters. The van der Waals surface area contributed by atoms with Crippen molar-refractivity contribution in [2.45, 2.75) is 6.92 Å². The second kappa shape index (κ2) is 2.31. The summed E-state index contributed by atoms with van der Waals surface area (Å²) >= 11 is 0. The number of benzene rings is 1. The Labute approximate surface area is 68.8 Å². The Morgan fingerprint density at radius 3 is 2.67 bits per heavy atom. The first-order chi connectivity index (χ1) is 5.81. The lowest BCUT2D eigenvalue weighted by Gasteiger charge is -1.93. The van der Waals surface area contributed by atoms with Crippen LogP contribution in [0.2, 0.25) is 0 Å². The first kappa shape index (κ1) is 6.80. The molecule has 2 aromatic rings. The normalized spacial score (nSPS) is 10.0. The zero-order valence-electron chi connectivity index (χ0n) is 6.50. The number of aromatic nitrogens is 3. The number of aromatic amines is 1. The molecule has 0 aliphatic rings. The quantitative estimate of drug-likeness (QED) is 0.625. The average Bonchev–Trinajstić information content (AvgIpc) is 2.49. The van der Waals surface area contributed by atoms with Crippen LogP contribution in [-0.4, -0.2) is 15.4 Å². The molecule has 0 spiro atoms. The van der Waals surface area contributed by atoms with Crippen molar-refractivity contribution in [3.63, 3.8) is 0 Å². The number of nitrogens with one attached hydrogen (secondary N) is 1. The van der Waals surface area contributed by atoms with Gasteiger partial charge in [-0.3, -0.25) is 0 Å². The summed E-state index contributed by atoms with van der Waals surface area (Å²) in [5.74, 6) is 0. The van der Waals surface area contributed by atoms with E-state index in [1.165, 1.54) is 0 Å². The highest BCUT2D eigenvalue weighted by Gasteiger charge is 2.02. The van der Waals surface area contributed by atoms with Crippen molar-refractivity contribution in [3.8, 4) is 6.07 Å². The standard InChI is InChI=1S/C8H6N4/c1-5-2-7-8(11-12-10-7)3-6(5)4-9/h2-3H,1H3,(H,10,11,12). The average molecular weight is 158 g/mol. The van der Waals surface area contributed by atoms with Crippen molar-refractivity contribution in [2.75, 3.05) is 0 Å². The fourth-order valence-electron chi connectivity index (χ4n) is 1.11. The Morgan fingerprint density at radius 1 is 1.33 bits per heavy atom. The van der Waals surface area contributed by atoms with Crippen molar-refractivity contribution < 1.29 is 0 Å². The fourth-order valence-corrected chi connectivity index (χ4v) is 1.11. The van der Waals surface area contributed by atoms with Crippen LogP contribution in [0.3, 0.4) is 0 Å². The van der Waals surface area contributed by atoms with Crippen LogP contribution in [0, 0.1) is 18.3 Å². The topological polar surface area (TPSA) is 65.4 Å². The molecule has 0 saturated carbocycles. The third-order valence-electron chi connectivity index (χ3n) is 1.78. The van der Waals surface area contributed by atoms with Crippen LogP contribution in [-0.2, 0) is 0 Å². The lowest BCUT2D eigenvalue weighted by Crippen LogP contribution is -1.81. The maximum absolute atomic E-state index is 8.71. The SMILES string of the molecule is Cc1cc2n[nH]nc2cc1C#N. The number of hydrogen-bond donors (Lipinski definition) is 1. The van der Waals surface area contributed by atoms with Crippen molar-refractivity contribution >= 4 is 11.0 Å². The summed E-state index contributed by atoms with van der Waals surface area (Å²) in [4.78, 5) is 0. The van der Waals surface area contributed by atoms with Crippen LogP contribution < -0.4 is 0 Å². The second-order valence-corrected chi connectivity index (χ2v) is 2.59. The number of fused-ring (bicyclic) bond motifs is 1. The number of nitriles is 1. The predicted octanol–water partition coefficient (Wildman–Crippen LogP) is 1.14. The maximum Gasteiger partial charge on any atom is 0.114 e. The minimum atomic E-state index is 0.649. The zero-order valence-corrected chi connectivity index (χ0v) is 6.50. The van der Waals surface area contributed by atoms with E-state index < -0.39 is 0 Å². The van der Waals surface area contributed by atoms with Gasteiger partial charge < -0.3 is 0 Å². The summed E-state index contributed by atoms with van der Waals surface area (Å²) in [6.45, 7) is 1.88. The van der Waals surface area contributed by atoms with E-state index in [1.807, 2.05) is 13.0 Å². The molecule has 1 aromatic carbocycles. The van der Waals surface area contributed by atoms with Crippen molar-refractivity contribution in [3.05, 3.63) is 23.3 Å². The summed E-state index contributed by atoms with van der Waals surface area (Å²) in [5, 5.41) is 19.0. The van der Waals surface area contributed by atoms with Gasteiger partial charge in [0.2, 0.25) is 0 Å². The van der Waals surface area contributed by atoms with Crippen LogP contribution in [0.25, 0.3) is 11.0 Å². The number of nitrogens with zero attached hydrogens (tertiary/aromatic N) is 3. The summed E-state index contributed by atoms with van der Waals surface area (Å²) in [6.07, 6.45) is 0. The van der Waals surface area contributed by atoms with E-state index in [2.05, 4.69) is 21.5 Å². The summed E-state index contributed by atoms with van der Waals surface area (Å²) in [5.41, 5.74) is 3.11. The smallest absolute Gasteiger partial charge is 0.114 e. The van der Waals surface area contributed by atoms with Gasteiger partial charge in [-0.1, -0.05) is 0 Å². The molecule has 0 unspecified atom stereocenters. The third kappa shape index (κ3) is 0.839. The fraction of sp³-hybridized carbons (Fsp3) is 0.125. The number of aryl methyl sites for hydroxylation is 1. The van der Waals surface area contributed by atoms with Gasteiger partial charge in [-0.15, -0.1) is 0 Å². The van der Waals surface area contributed by atoms with Gasteiger partial charge in [0.25, 0.3) is 0 Å². The Kier molecular flexibility index (Phi) is 1.31. The van der Waals surface area contributed by atoms with E-state index >= 15 is 0 Å². The molecule has 58 valence electrons. The molecule has 12 heavy (non-hydrogen) atoms. The summed E-state index contributed by atoms with van der Waals surface area (Å²) < 4.78 is 0. The first-order valence-corrected chi connectivity index (χ1v) is 3.52. The highest BCUT2D eigenvalue weighted by molar-refractivity contribution is 5.76. The van der Waals surface area contributed by atoms with Crippen LogP contribution in [0.1, 0.15) is 11.1 Å². The lowest BCUT2D eigenvalue weighted by molar-refractivity contribution is 0.959. The molecule has 2 rings (SSSR count). The molecule has 0 aliphatic carbocycles. The lowest BCUT2D eigenvalue weighted by atomic mass is 10.1. The molecule has 4 nitrogen and oxygen atoms in total. The van der Waals surface area contributed by atoms with Gasteiger partial charge in [-0.2, -0.15) is 20.7 Å². The van der Waals surface area contributed by atoms with Gasteiger partial charge in [0, 0.05) is 0 Å². The molecular weight excluding hydrogens is 152 g/mol. The van der Waals surface area contributed by atoms with Crippen molar-refractivity contribution in [1.29, 1.82) is 5.26 Å². The largest absolute Gasteiger partial charge is 0.197 e. The molecule has 1 heterocycles. The predicted molar refractivity (Wildman–Crippen MR) is 43.3 cm³/mol. The van der Waals surface area contributed by atoms with Crippen LogP contribution in [0.5, 0.6) is 0 Å². The van der Waals surface area contributed by atoms with Crippen molar-refractivity contribution in [1.82, 2.24) is 15.4 Å². The van der Waals surface area contributed by atoms with Crippen molar-refractivity contribution in [2.24, 2.45) is 0 Å². The molecule has 0 bridgehead atoms. The third-order valence-corrected chi connectivity index (χ3v) is 1.78. The van der Waals surface area contributed by atoms with Gasteiger partial charge in [0.05, 0.1) is 11.6 Å². The molecule has 1 aromatic heterocycles. The molecule has 0 amide bonds. The summed E-state index contributed by atoms with van der Waals surface area (Å²) in [6, 6.07) is 5.67. The van der Waals surface area contributed by atoms with Gasteiger partial charge in [0.15, 0.2) is 0 Å². The van der Waals surface area contributed by atoms with E-state index in [4.69, 9.17) is 5.26 Å². The first-order valence-electron chi connectivity index (χ1n) is 3.52. The molecule has 0 fully saturated rings. The van der Waals surface area contributed by atoms with Crippen LogP contribution in [0.15, 0.2) is 12.1 Å². The number of rotatable bonds is 0. The van der Waals surface area contributed by atoms with Crippen LogP contribution in [0.4, 0.5) is 0 Å². The van der Waals surface area contributed by atoms with E-state index in [-0.39, 0.29) is 0 Å². The Balaban J connectivity index is 2.84. The molecule has 0 radical (unpaired) electrons. The molecular formula is C8H6N4. The minimum Gasteiger partial charge on any atom is -0.197 e. The summed E-state index contributed by atoms with van der Waals surface area (Å²) in [7, 11) is 0. The van der Waals surface area contributed by atoms with Gasteiger partial charge in [-0.25, -0.2) is 0 Å². The Hall–Kier alpha value is -1.89. The molecule has 4 heteroatoms. The second-order valence-electron chi connectivity index (χ2n) is 2.59. The molecule has 0 aliphatic heterocycles. The van der Waals surface area contributed by atoms with E-state index in [0.29, 0.717) is 5.56 Å². The minimum absolute atomic E-state index is 0.649. The van der Waals surface area contributed by atoms with E-state index in [0.717, 1.165) is 16.6 Å². The van der Waals surface area contributed by atoms with Gasteiger partial charge in [0.1, 0.15) is 11.0 Å². The number of H-pyrrole nitrogens is 1. The van der Waals surface area contributed by atoms with E-state index in [9.17, 15) is 0 Å². The highest BCUT2D eigenvalue weighted by Crippen LogP contribution is 2.14. The zero-order chi connectivity index (χ0) is 8.55. The Morgan fingerprint density at radius 2 is 2.00 bits per heavy atom. The van der Waals surface area contributed by atoms with Crippen LogP contribution >= 0.6 is 0 Å². The number of hydrogen-bond acceptors (Lipinski definition) is 3. The monoisotopic (exact) mass is 158 g/mol. The highest BCUT2D eigenvalue weighted by atomic mass is 15.3. The maximum atomic E-state index is 8.71. The Bertz CT molecular complexity index is 463. The van der Waals surface area contributed by atoms with Gasteiger partial charge in [-0.05, 0) is 24.6 Å². The molecule has 0 saturated heterocycles. The molecule has 1 N–H and O–H groups in total. The van der Waals surface area contributed by atoms with Gasteiger partial charge >= 0.3 is 0 Å².